The molecular weight excluding hydrogens is 749 g/mol. The molecule has 10 rings (SSSR count). The number of phenolic OH excluding ortho intramolecular Hbond substituents is 2. The van der Waals surface area contributed by atoms with E-state index < -0.39 is 40.5 Å². The summed E-state index contributed by atoms with van der Waals surface area (Å²) >= 11 is 0. The first kappa shape index (κ1) is 37.4. The van der Waals surface area contributed by atoms with Crippen molar-refractivity contribution in [1.29, 1.82) is 0 Å². The zero-order valence-corrected chi connectivity index (χ0v) is 33.5. The summed E-state index contributed by atoms with van der Waals surface area (Å²) in [5, 5.41) is 40.6. The maximum atomic E-state index is 15.8. The van der Waals surface area contributed by atoms with Gasteiger partial charge in [-0.05, 0) is 100 Å². The largest absolute Gasteiger partial charge is 0.512 e. The Labute approximate surface area is 342 Å². The number of hydrogen-bond donors (Lipinski definition) is 5. The van der Waals surface area contributed by atoms with Crippen molar-refractivity contribution in [2.24, 2.45) is 11.8 Å². The van der Waals surface area contributed by atoms with Gasteiger partial charge in [-0.25, -0.2) is 0 Å². The van der Waals surface area contributed by atoms with Crippen LogP contribution in [0.5, 0.6) is 23.0 Å². The number of methoxy groups -OCH3 is 2. The number of ether oxygens (including phenoxy) is 2. The number of nitrogens with one attached hydrogen (secondary N) is 2. The molecule has 304 valence electrons. The molecule has 6 aliphatic heterocycles. The molecule has 4 fully saturated rings. The number of carbonyl (C=O) groups excluding carboxylic acids is 3. The fourth-order valence-corrected chi connectivity index (χ4v) is 12.3. The lowest BCUT2D eigenvalue weighted by molar-refractivity contribution is -0.134. The zero-order valence-electron chi connectivity index (χ0n) is 33.5. The molecular formula is C47H48N4O8. The summed E-state index contributed by atoms with van der Waals surface area (Å²) in [6.45, 7) is 5.12. The Kier molecular flexibility index (Phi) is 8.46. The van der Waals surface area contributed by atoms with Crippen LogP contribution in [-0.4, -0.2) is 82.1 Å². The van der Waals surface area contributed by atoms with E-state index in [2.05, 4.69) is 20.4 Å². The van der Waals surface area contributed by atoms with Crippen LogP contribution >= 0.6 is 0 Å². The van der Waals surface area contributed by atoms with E-state index in [-0.39, 0.29) is 52.7 Å². The molecule has 2 amide bonds. The van der Waals surface area contributed by atoms with E-state index in [0.29, 0.717) is 24.5 Å². The van der Waals surface area contributed by atoms with E-state index in [1.54, 1.807) is 36.4 Å². The highest BCUT2D eigenvalue weighted by atomic mass is 16.5. The summed E-state index contributed by atoms with van der Waals surface area (Å²) in [4.78, 5) is 49.9. The summed E-state index contributed by atoms with van der Waals surface area (Å²) < 4.78 is 11.1. The van der Waals surface area contributed by atoms with Crippen LogP contribution in [0.2, 0.25) is 0 Å². The lowest BCUT2D eigenvalue weighted by atomic mass is 9.68. The molecule has 6 aliphatic rings. The minimum Gasteiger partial charge on any atom is -0.512 e. The van der Waals surface area contributed by atoms with Crippen LogP contribution in [0.4, 0.5) is 11.4 Å². The molecule has 5 N–H and O–H groups in total. The maximum absolute atomic E-state index is 15.8. The van der Waals surface area contributed by atoms with Crippen molar-refractivity contribution in [3.05, 3.63) is 118 Å². The summed E-state index contributed by atoms with van der Waals surface area (Å²) in [6.07, 6.45) is 4.43. The maximum Gasteiger partial charge on any atom is 0.250 e. The predicted octanol–water partition coefficient (Wildman–Crippen LogP) is 6.49. The van der Waals surface area contributed by atoms with Gasteiger partial charge in [0.15, 0.2) is 28.8 Å². The highest BCUT2D eigenvalue weighted by Crippen LogP contribution is 2.64. The highest BCUT2D eigenvalue weighted by Gasteiger charge is 2.71. The van der Waals surface area contributed by atoms with Crippen molar-refractivity contribution in [2.75, 3.05) is 37.9 Å². The van der Waals surface area contributed by atoms with E-state index in [9.17, 15) is 24.9 Å². The van der Waals surface area contributed by atoms with E-state index in [1.807, 2.05) is 50.2 Å². The molecule has 2 spiro atoms. The Morgan fingerprint density at radius 3 is 1.63 bits per heavy atom. The van der Waals surface area contributed by atoms with Gasteiger partial charge in [-0.1, -0.05) is 47.5 Å². The highest BCUT2D eigenvalue weighted by molar-refractivity contribution is 6.12. The van der Waals surface area contributed by atoms with Crippen LogP contribution in [0.25, 0.3) is 0 Å². The Morgan fingerprint density at radius 1 is 0.695 bits per heavy atom. The Morgan fingerprint density at radius 2 is 1.15 bits per heavy atom. The number of carbonyl (C=O) groups is 3. The van der Waals surface area contributed by atoms with Gasteiger partial charge in [0.05, 0.1) is 26.1 Å². The van der Waals surface area contributed by atoms with Crippen LogP contribution in [-0.2, 0) is 25.5 Å². The smallest absolute Gasteiger partial charge is 0.250 e. The zero-order chi connectivity index (χ0) is 41.1. The van der Waals surface area contributed by atoms with Gasteiger partial charge in [-0.3, -0.25) is 24.2 Å². The van der Waals surface area contributed by atoms with E-state index in [1.165, 1.54) is 20.3 Å². The van der Waals surface area contributed by atoms with Crippen molar-refractivity contribution >= 4 is 29.0 Å². The number of fused-ring (bicyclic) bond motifs is 8. The SMILES string of the molecule is COc1cc([C@@H]2[C@@H](C(=O)/C=C(\O)[C@H]3[C@H](c4ccc(O)c(OC)c4)[C@H]4CCCN4[C@]34C(=O)Nc3ccc(C)cc34)[C@]3(C(=O)Nc4ccc(C)cc43)N3CCC[C@@H]23)ccc1O. The van der Waals surface area contributed by atoms with Crippen molar-refractivity contribution in [3.63, 3.8) is 0 Å². The second-order valence-corrected chi connectivity index (χ2v) is 17.2. The third-order valence-electron chi connectivity index (χ3n) is 14.4. The van der Waals surface area contributed by atoms with Gasteiger partial charge in [0.1, 0.15) is 16.8 Å². The lowest BCUT2D eigenvalue weighted by Crippen LogP contribution is -2.53. The van der Waals surface area contributed by atoms with Crippen LogP contribution in [0, 0.1) is 25.7 Å². The molecule has 4 aromatic rings. The van der Waals surface area contributed by atoms with Gasteiger partial charge in [0, 0.05) is 52.5 Å². The standard InChI is InChI=1S/C47H48N4O8/c1-24-9-13-30-28(19-24)46(44(56)48-30)42(40(32-7-5-17-50(32)46)26-11-15-34(52)38(21-26)58-3)36(54)23-37(55)43-41(27-12-16-35(53)39(22-27)59-4)33-8-6-18-51(33)47(43)29-20-25(2)10-14-31(29)49-45(47)57/h9-16,19-23,32-33,40-43,52-54H,5-8,17-18H2,1-4H3,(H,48,56)(H,49,57)/b36-23-/t32-,33+,40-,41+,42+,43-,46+,47-/m1/s1. The van der Waals surface area contributed by atoms with Crippen LogP contribution in [0.3, 0.4) is 0 Å². The van der Waals surface area contributed by atoms with Crippen molar-refractivity contribution < 1.29 is 39.2 Å². The number of allylic oxidation sites excluding steroid dienone is 1. The summed E-state index contributed by atoms with van der Waals surface area (Å²) in [5.74, 6) is -3.79. The quantitative estimate of drug-likeness (QED) is 0.103. The van der Waals surface area contributed by atoms with Crippen LogP contribution < -0.4 is 20.1 Å². The number of ketones is 1. The molecule has 0 bridgehead atoms. The van der Waals surface area contributed by atoms with Gasteiger partial charge >= 0.3 is 0 Å². The number of aliphatic hydroxyl groups is 1. The van der Waals surface area contributed by atoms with E-state index >= 15 is 4.79 Å². The number of aromatic hydroxyl groups is 2. The fraction of sp³-hybridized carbons (Fsp3) is 0.383. The second-order valence-electron chi connectivity index (χ2n) is 17.2. The molecule has 0 saturated carbocycles. The number of aryl methyl sites for hydroxylation is 2. The number of aliphatic hydroxyl groups excluding tert-OH is 1. The third kappa shape index (κ3) is 4.99. The Hall–Kier alpha value is -5.85. The molecule has 8 atom stereocenters. The molecule has 59 heavy (non-hydrogen) atoms. The van der Waals surface area contributed by atoms with Gasteiger partial charge in [-0.15, -0.1) is 0 Å². The first-order valence-electron chi connectivity index (χ1n) is 20.5. The minimum absolute atomic E-state index is 0.0346. The van der Waals surface area contributed by atoms with Gasteiger partial charge < -0.3 is 35.4 Å². The van der Waals surface area contributed by atoms with Gasteiger partial charge in [-0.2, -0.15) is 0 Å². The molecule has 12 nitrogen and oxygen atoms in total. The van der Waals surface area contributed by atoms with Crippen molar-refractivity contribution in [1.82, 2.24) is 9.80 Å². The molecule has 4 saturated heterocycles. The van der Waals surface area contributed by atoms with Crippen molar-refractivity contribution in [2.45, 2.75) is 74.5 Å². The summed E-state index contributed by atoms with van der Waals surface area (Å²) in [6, 6.07) is 21.5. The molecule has 6 heterocycles. The third-order valence-corrected chi connectivity index (χ3v) is 14.4. The van der Waals surface area contributed by atoms with E-state index in [0.717, 1.165) is 59.1 Å². The first-order chi connectivity index (χ1) is 28.4. The molecule has 12 heteroatoms. The number of hydrogen-bond acceptors (Lipinski definition) is 10. The average Bonchev–Trinajstić information content (AvgIpc) is 4.06. The predicted molar refractivity (Wildman–Crippen MR) is 220 cm³/mol. The minimum atomic E-state index is -1.41. The molecule has 0 aromatic heterocycles. The van der Waals surface area contributed by atoms with Crippen molar-refractivity contribution in [3.8, 4) is 23.0 Å². The molecule has 0 unspecified atom stereocenters. The molecule has 4 aromatic carbocycles. The number of anilines is 2. The number of rotatable bonds is 7. The Balaban J connectivity index is 1.20. The summed E-state index contributed by atoms with van der Waals surface area (Å²) in [5.41, 5.74) is 3.38. The molecule has 0 aliphatic carbocycles. The number of nitrogens with zero attached hydrogens (tertiary/aromatic N) is 2. The number of amides is 2. The van der Waals surface area contributed by atoms with Gasteiger partial charge in [0.25, 0.3) is 0 Å². The Bertz CT molecular complexity index is 2500. The van der Waals surface area contributed by atoms with Gasteiger partial charge in [0.2, 0.25) is 11.8 Å². The summed E-state index contributed by atoms with van der Waals surface area (Å²) in [7, 11) is 2.96. The monoisotopic (exact) mass is 796 g/mol. The van der Waals surface area contributed by atoms with Crippen LogP contribution in [0.1, 0.15) is 70.9 Å². The number of phenols is 2. The number of benzene rings is 4. The normalized spacial score (nSPS) is 30.7. The first-order valence-corrected chi connectivity index (χ1v) is 20.5. The van der Waals surface area contributed by atoms with Crippen LogP contribution in [0.15, 0.2) is 84.6 Å². The molecule has 0 radical (unpaired) electrons. The second kappa shape index (κ2) is 13.3. The fourth-order valence-electron chi connectivity index (χ4n) is 12.3. The lowest BCUT2D eigenvalue weighted by Gasteiger charge is -2.38. The topological polar surface area (TPSA) is 161 Å². The average molecular weight is 797 g/mol. The van der Waals surface area contributed by atoms with E-state index in [4.69, 9.17) is 9.47 Å².